The standard InChI is InChI=1S/C22H28N2O3/c1-17(2)13-19(14-23)21(25)24-11-10-22(9-6-12-27-22)20(15-24)26-16-18-7-4-3-5-8-18/h3-5,7-8,13,17,20H,6,9-12,15-16H2,1-2H3/b19-13+. The average molecular weight is 368 g/mol. The van der Waals surface area contributed by atoms with Gasteiger partial charge in [-0.1, -0.05) is 50.3 Å². The molecule has 1 spiro atoms. The molecule has 2 aliphatic rings. The van der Waals surface area contributed by atoms with E-state index in [1.165, 1.54) is 0 Å². The summed E-state index contributed by atoms with van der Waals surface area (Å²) >= 11 is 0. The van der Waals surface area contributed by atoms with Crippen molar-refractivity contribution in [1.82, 2.24) is 4.90 Å². The van der Waals surface area contributed by atoms with E-state index in [2.05, 4.69) is 6.07 Å². The maximum Gasteiger partial charge on any atom is 0.264 e. The minimum Gasteiger partial charge on any atom is -0.372 e. The molecule has 0 saturated carbocycles. The van der Waals surface area contributed by atoms with Crippen molar-refractivity contribution >= 4 is 5.91 Å². The maximum atomic E-state index is 12.8. The van der Waals surface area contributed by atoms with Gasteiger partial charge >= 0.3 is 0 Å². The van der Waals surface area contributed by atoms with Crippen LogP contribution in [0.2, 0.25) is 0 Å². The molecule has 2 aliphatic heterocycles. The number of nitriles is 1. The average Bonchev–Trinajstić information content (AvgIpc) is 3.15. The summed E-state index contributed by atoms with van der Waals surface area (Å²) in [6.07, 6.45) is 4.28. The molecule has 0 aromatic heterocycles. The van der Waals surface area contributed by atoms with Crippen LogP contribution in [0.25, 0.3) is 0 Å². The van der Waals surface area contributed by atoms with E-state index in [-0.39, 0.29) is 29.1 Å². The van der Waals surface area contributed by atoms with Crippen LogP contribution in [0.4, 0.5) is 0 Å². The van der Waals surface area contributed by atoms with Gasteiger partial charge in [0.05, 0.1) is 18.8 Å². The summed E-state index contributed by atoms with van der Waals surface area (Å²) in [5.41, 5.74) is 1.02. The number of hydrogen-bond donors (Lipinski definition) is 0. The molecule has 2 atom stereocenters. The molecule has 0 radical (unpaired) electrons. The van der Waals surface area contributed by atoms with Crippen molar-refractivity contribution < 1.29 is 14.3 Å². The molecule has 2 saturated heterocycles. The topological polar surface area (TPSA) is 62.6 Å². The zero-order valence-corrected chi connectivity index (χ0v) is 16.2. The molecule has 0 aliphatic carbocycles. The van der Waals surface area contributed by atoms with Crippen molar-refractivity contribution in [2.24, 2.45) is 5.92 Å². The first-order valence-corrected chi connectivity index (χ1v) is 9.75. The van der Waals surface area contributed by atoms with E-state index in [0.717, 1.165) is 31.4 Å². The zero-order chi connectivity index (χ0) is 19.3. The highest BCUT2D eigenvalue weighted by molar-refractivity contribution is 5.97. The molecule has 5 heteroatoms. The molecule has 2 fully saturated rings. The molecule has 27 heavy (non-hydrogen) atoms. The Morgan fingerprint density at radius 2 is 2.19 bits per heavy atom. The van der Waals surface area contributed by atoms with E-state index in [0.29, 0.717) is 19.7 Å². The van der Waals surface area contributed by atoms with Gasteiger partial charge in [0.2, 0.25) is 0 Å². The molecule has 144 valence electrons. The fourth-order valence-corrected chi connectivity index (χ4v) is 3.93. The number of carbonyl (C=O) groups is 1. The molecular formula is C22H28N2O3. The van der Waals surface area contributed by atoms with Gasteiger partial charge in [-0.15, -0.1) is 0 Å². The summed E-state index contributed by atoms with van der Waals surface area (Å²) in [6.45, 7) is 6.23. The van der Waals surface area contributed by atoms with Crippen molar-refractivity contribution in [2.75, 3.05) is 19.7 Å². The molecule has 2 heterocycles. The largest absolute Gasteiger partial charge is 0.372 e. The zero-order valence-electron chi connectivity index (χ0n) is 16.2. The molecule has 3 rings (SSSR count). The van der Waals surface area contributed by atoms with Crippen LogP contribution in [0.1, 0.15) is 38.7 Å². The van der Waals surface area contributed by atoms with Gasteiger partial charge in [0.15, 0.2) is 0 Å². The van der Waals surface area contributed by atoms with Gasteiger partial charge < -0.3 is 14.4 Å². The van der Waals surface area contributed by atoms with Gasteiger partial charge in [-0.3, -0.25) is 4.79 Å². The number of benzene rings is 1. The third-order valence-corrected chi connectivity index (χ3v) is 5.34. The molecule has 2 unspecified atom stereocenters. The van der Waals surface area contributed by atoms with Crippen molar-refractivity contribution in [3.63, 3.8) is 0 Å². The Bertz CT molecular complexity index is 715. The molecule has 1 aromatic carbocycles. The predicted molar refractivity (Wildman–Crippen MR) is 103 cm³/mol. The number of piperidine rings is 1. The van der Waals surface area contributed by atoms with Crippen LogP contribution < -0.4 is 0 Å². The Balaban J connectivity index is 1.73. The summed E-state index contributed by atoms with van der Waals surface area (Å²) in [7, 11) is 0. The van der Waals surface area contributed by atoms with E-state index in [1.54, 1.807) is 11.0 Å². The van der Waals surface area contributed by atoms with Gasteiger partial charge in [0.1, 0.15) is 17.7 Å². The Morgan fingerprint density at radius 1 is 1.41 bits per heavy atom. The van der Waals surface area contributed by atoms with Gasteiger partial charge in [-0.05, 0) is 30.7 Å². The van der Waals surface area contributed by atoms with Crippen LogP contribution in [0.5, 0.6) is 0 Å². The monoisotopic (exact) mass is 368 g/mol. The molecule has 1 aromatic rings. The lowest BCUT2D eigenvalue weighted by Gasteiger charge is -2.44. The second-order valence-corrected chi connectivity index (χ2v) is 7.74. The Morgan fingerprint density at radius 3 is 2.81 bits per heavy atom. The Labute approximate surface area is 161 Å². The van der Waals surface area contributed by atoms with Gasteiger partial charge in [-0.25, -0.2) is 0 Å². The Kier molecular flexibility index (Phi) is 6.30. The quantitative estimate of drug-likeness (QED) is 0.590. The summed E-state index contributed by atoms with van der Waals surface area (Å²) < 4.78 is 12.4. The fourth-order valence-electron chi connectivity index (χ4n) is 3.93. The second-order valence-electron chi connectivity index (χ2n) is 7.74. The van der Waals surface area contributed by atoms with E-state index >= 15 is 0 Å². The highest BCUT2D eigenvalue weighted by Gasteiger charge is 2.48. The van der Waals surface area contributed by atoms with Crippen LogP contribution in [0.15, 0.2) is 42.0 Å². The van der Waals surface area contributed by atoms with Gasteiger partial charge in [0.25, 0.3) is 5.91 Å². The summed E-state index contributed by atoms with van der Waals surface area (Å²) in [4.78, 5) is 14.6. The lowest BCUT2D eigenvalue weighted by atomic mass is 9.85. The Hall–Kier alpha value is -2.16. The summed E-state index contributed by atoms with van der Waals surface area (Å²) in [6, 6.07) is 12.1. The third kappa shape index (κ3) is 4.58. The van der Waals surface area contributed by atoms with Crippen LogP contribution in [0.3, 0.4) is 0 Å². The molecular weight excluding hydrogens is 340 g/mol. The lowest BCUT2D eigenvalue weighted by molar-refractivity contribution is -0.166. The van der Waals surface area contributed by atoms with E-state index < -0.39 is 0 Å². The fraction of sp³-hybridized carbons (Fsp3) is 0.545. The predicted octanol–water partition coefficient (Wildman–Crippen LogP) is 3.46. The van der Waals surface area contributed by atoms with Crippen molar-refractivity contribution in [1.29, 1.82) is 5.26 Å². The highest BCUT2D eigenvalue weighted by Crippen LogP contribution is 2.38. The van der Waals surface area contributed by atoms with Crippen LogP contribution >= 0.6 is 0 Å². The minimum atomic E-state index is -0.305. The SMILES string of the molecule is CC(C)/C=C(\C#N)C(=O)N1CCC2(CCCO2)C(OCc2ccccc2)C1. The molecule has 1 amide bonds. The number of nitrogens with zero attached hydrogens (tertiary/aromatic N) is 2. The van der Waals surface area contributed by atoms with Crippen LogP contribution in [-0.2, 0) is 20.9 Å². The summed E-state index contributed by atoms with van der Waals surface area (Å²) in [5, 5.41) is 9.38. The van der Waals surface area contributed by atoms with Crippen LogP contribution in [-0.4, -0.2) is 42.2 Å². The second kappa shape index (κ2) is 8.69. The number of carbonyl (C=O) groups excluding carboxylic acids is 1. The normalized spacial score (nSPS) is 25.8. The van der Waals surface area contributed by atoms with Crippen molar-refractivity contribution in [3.05, 3.63) is 47.5 Å². The first-order valence-electron chi connectivity index (χ1n) is 9.75. The lowest BCUT2D eigenvalue weighted by Crippen LogP contribution is -2.57. The first kappa shape index (κ1) is 19.6. The van der Waals surface area contributed by atoms with E-state index in [4.69, 9.17) is 9.47 Å². The van der Waals surface area contributed by atoms with Gasteiger partial charge in [-0.2, -0.15) is 5.26 Å². The third-order valence-electron chi connectivity index (χ3n) is 5.34. The maximum absolute atomic E-state index is 12.8. The highest BCUT2D eigenvalue weighted by atomic mass is 16.6. The number of amides is 1. The van der Waals surface area contributed by atoms with Crippen LogP contribution in [0, 0.1) is 17.2 Å². The van der Waals surface area contributed by atoms with Gasteiger partial charge in [0, 0.05) is 13.2 Å². The molecule has 0 N–H and O–H groups in total. The number of likely N-dealkylation sites (tertiary alicyclic amines) is 1. The number of rotatable bonds is 5. The minimum absolute atomic E-state index is 0.156. The van der Waals surface area contributed by atoms with Crippen molar-refractivity contribution in [2.45, 2.75) is 51.4 Å². The summed E-state index contributed by atoms with van der Waals surface area (Å²) in [5.74, 6) is -0.0459. The molecule has 0 bridgehead atoms. The number of ether oxygens (including phenoxy) is 2. The number of hydrogen-bond acceptors (Lipinski definition) is 4. The van der Waals surface area contributed by atoms with E-state index in [1.807, 2.05) is 44.2 Å². The first-order chi connectivity index (χ1) is 13.0. The molecule has 5 nitrogen and oxygen atoms in total. The van der Waals surface area contributed by atoms with Crippen molar-refractivity contribution in [3.8, 4) is 6.07 Å². The van der Waals surface area contributed by atoms with E-state index in [9.17, 15) is 10.1 Å². The number of allylic oxidation sites excluding steroid dienone is 1. The smallest absolute Gasteiger partial charge is 0.264 e.